The summed E-state index contributed by atoms with van der Waals surface area (Å²) in [7, 11) is 0.201. The molecule has 0 aliphatic carbocycles. The van der Waals surface area contributed by atoms with Crippen molar-refractivity contribution >= 4 is 38.4 Å². The Hall–Kier alpha value is -2.72. The number of fused-ring (bicyclic) bond motifs is 1. The number of benzene rings is 2. The van der Waals surface area contributed by atoms with Gasteiger partial charge in [0.1, 0.15) is 0 Å². The van der Waals surface area contributed by atoms with Crippen LogP contribution in [-0.2, 0) is 16.3 Å². The van der Waals surface area contributed by atoms with Crippen molar-refractivity contribution in [3.63, 3.8) is 0 Å². The van der Waals surface area contributed by atoms with Gasteiger partial charge in [-0.05, 0) is 48.7 Å². The Morgan fingerprint density at radius 1 is 1.12 bits per heavy atom. The molecule has 0 saturated carbocycles. The van der Waals surface area contributed by atoms with Gasteiger partial charge in [-0.2, -0.15) is 0 Å². The van der Waals surface area contributed by atoms with E-state index >= 15 is 0 Å². The number of sulfone groups is 1. The van der Waals surface area contributed by atoms with E-state index in [-0.39, 0.29) is 28.7 Å². The number of hydrogen-bond acceptors (Lipinski definition) is 8. The molecule has 0 bridgehead atoms. The van der Waals surface area contributed by atoms with Crippen LogP contribution in [0, 0.1) is 6.92 Å². The van der Waals surface area contributed by atoms with E-state index in [1.165, 1.54) is 11.8 Å². The van der Waals surface area contributed by atoms with Crippen molar-refractivity contribution in [2.24, 2.45) is 4.99 Å². The summed E-state index contributed by atoms with van der Waals surface area (Å²) in [5.41, 5.74) is 3.34. The molecule has 2 aromatic rings. The minimum absolute atomic E-state index is 0.0270. The molecule has 2 heterocycles. The lowest BCUT2D eigenvalue weighted by Gasteiger charge is -2.12. The highest BCUT2D eigenvalue weighted by Crippen LogP contribution is 2.35. The normalized spacial score (nSPS) is 20.6. The van der Waals surface area contributed by atoms with Crippen molar-refractivity contribution in [1.29, 1.82) is 0 Å². The van der Waals surface area contributed by atoms with Crippen molar-refractivity contribution in [2.75, 3.05) is 37.6 Å². The Bertz CT molecular complexity index is 1200. The van der Waals surface area contributed by atoms with E-state index in [0.29, 0.717) is 35.2 Å². The maximum absolute atomic E-state index is 12.7. The van der Waals surface area contributed by atoms with Gasteiger partial charge in [0.15, 0.2) is 26.5 Å². The molecule has 33 heavy (non-hydrogen) atoms. The van der Waals surface area contributed by atoms with Gasteiger partial charge in [0.2, 0.25) is 0 Å². The summed E-state index contributed by atoms with van der Waals surface area (Å²) >= 11 is 1.46. The zero-order valence-corrected chi connectivity index (χ0v) is 20.4. The van der Waals surface area contributed by atoms with Gasteiger partial charge in [-0.3, -0.25) is 9.79 Å². The Labute approximate surface area is 198 Å². The molecule has 2 N–H and O–H groups in total. The number of carbonyl (C=O) groups excluding carboxylic acids is 1. The summed E-state index contributed by atoms with van der Waals surface area (Å²) in [6, 6.07) is 11.0. The van der Waals surface area contributed by atoms with E-state index in [1.54, 1.807) is 26.4 Å². The number of aliphatic imine (C=N–C) groups is 1. The average molecular weight is 490 g/mol. The number of amides is 1. The highest BCUT2D eigenvalue weighted by molar-refractivity contribution is 8.15. The highest BCUT2D eigenvalue weighted by Gasteiger charge is 2.42. The number of anilines is 1. The fourth-order valence-electron chi connectivity index (χ4n) is 3.89. The number of hydrogen-bond donors (Lipinski definition) is 2. The van der Waals surface area contributed by atoms with Crippen molar-refractivity contribution in [3.8, 4) is 11.5 Å². The van der Waals surface area contributed by atoms with Crippen LogP contribution in [0.4, 0.5) is 5.69 Å². The van der Waals surface area contributed by atoms with Gasteiger partial charge in [0.05, 0.1) is 31.8 Å². The minimum atomic E-state index is -2.99. The van der Waals surface area contributed by atoms with Crippen LogP contribution in [0.3, 0.4) is 0 Å². The van der Waals surface area contributed by atoms with E-state index in [1.807, 2.05) is 31.2 Å². The largest absolute Gasteiger partial charge is 0.493 e. The first-order valence-corrected chi connectivity index (χ1v) is 13.3. The zero-order chi connectivity index (χ0) is 23.6. The van der Waals surface area contributed by atoms with E-state index < -0.39 is 9.84 Å². The Balaban J connectivity index is 1.36. The second-order valence-electron chi connectivity index (χ2n) is 8.08. The molecule has 4 rings (SSSR count). The predicted octanol–water partition coefficient (Wildman–Crippen LogP) is 2.67. The second kappa shape index (κ2) is 9.64. The zero-order valence-electron chi connectivity index (χ0n) is 18.8. The third kappa shape index (κ3) is 5.44. The van der Waals surface area contributed by atoms with E-state index in [9.17, 15) is 13.2 Å². The molecule has 2 aliphatic rings. The van der Waals surface area contributed by atoms with E-state index in [4.69, 9.17) is 9.47 Å². The van der Waals surface area contributed by atoms with Gasteiger partial charge in [-0.1, -0.05) is 23.9 Å². The van der Waals surface area contributed by atoms with Crippen LogP contribution in [0.5, 0.6) is 11.5 Å². The van der Waals surface area contributed by atoms with Crippen LogP contribution in [0.2, 0.25) is 0 Å². The van der Waals surface area contributed by atoms with Gasteiger partial charge >= 0.3 is 0 Å². The molecule has 2 atom stereocenters. The van der Waals surface area contributed by atoms with E-state index in [0.717, 1.165) is 16.8 Å². The number of methoxy groups -OCH3 is 2. The molecule has 0 aromatic heterocycles. The molecule has 2 aromatic carbocycles. The number of thioether (sulfide) groups is 1. The molecule has 1 fully saturated rings. The number of amidine groups is 1. The molecule has 176 valence electrons. The summed E-state index contributed by atoms with van der Waals surface area (Å²) in [6.07, 6.45) is 0.655. The van der Waals surface area contributed by atoms with Gasteiger partial charge < -0.3 is 20.1 Å². The van der Waals surface area contributed by atoms with Crippen molar-refractivity contribution in [1.82, 2.24) is 5.32 Å². The van der Waals surface area contributed by atoms with Crippen LogP contribution in [0.15, 0.2) is 41.4 Å². The number of ether oxygens (including phenoxy) is 2. The summed E-state index contributed by atoms with van der Waals surface area (Å²) in [5, 5.41) is 6.91. The fourth-order valence-corrected chi connectivity index (χ4v) is 7.56. The van der Waals surface area contributed by atoms with Crippen LogP contribution in [0.1, 0.15) is 21.5 Å². The molecular formula is C23H27N3O5S2. The highest BCUT2D eigenvalue weighted by atomic mass is 32.2. The summed E-state index contributed by atoms with van der Waals surface area (Å²) in [5.74, 6) is 1.43. The maximum atomic E-state index is 12.7. The standard InChI is InChI=1S/C23H27N3O5S2/c1-14-4-6-16(11-17(14)25-23-26-18-12-33(28,29)13-21(18)32-23)22(27)24-9-8-15-5-7-19(30-2)20(10-15)31-3/h4-7,10-11,18,21H,8-9,12-13H2,1-3H3,(H,24,27)(H,25,26). The number of nitrogens with zero attached hydrogens (tertiary/aromatic N) is 1. The SMILES string of the molecule is COc1ccc(CCNC(=O)c2ccc(C)c(NC3=NC4CS(=O)(=O)CC4S3)c2)cc1OC. The van der Waals surface area contributed by atoms with Crippen LogP contribution >= 0.6 is 11.8 Å². The Morgan fingerprint density at radius 2 is 1.91 bits per heavy atom. The number of carbonyl (C=O) groups is 1. The summed E-state index contributed by atoms with van der Waals surface area (Å²) in [6.45, 7) is 2.43. The minimum Gasteiger partial charge on any atom is -0.493 e. The lowest BCUT2D eigenvalue weighted by Crippen LogP contribution is -2.26. The molecule has 8 nitrogen and oxygen atoms in total. The van der Waals surface area contributed by atoms with Gasteiger partial charge in [-0.25, -0.2) is 8.42 Å². The number of rotatable bonds is 7. The second-order valence-corrected chi connectivity index (χ2v) is 11.5. The smallest absolute Gasteiger partial charge is 0.251 e. The average Bonchev–Trinajstić information content (AvgIpc) is 3.27. The molecular weight excluding hydrogens is 462 g/mol. The topological polar surface area (TPSA) is 106 Å². The van der Waals surface area contributed by atoms with Crippen LogP contribution < -0.4 is 20.1 Å². The molecule has 1 saturated heterocycles. The first-order valence-electron chi connectivity index (χ1n) is 10.6. The van der Waals surface area contributed by atoms with Crippen molar-refractivity contribution in [2.45, 2.75) is 24.6 Å². The first-order chi connectivity index (χ1) is 15.8. The summed E-state index contributed by atoms with van der Waals surface area (Å²) in [4.78, 5) is 17.2. The predicted molar refractivity (Wildman–Crippen MR) is 132 cm³/mol. The third-order valence-corrected chi connectivity index (χ3v) is 8.85. The molecule has 2 aliphatic heterocycles. The molecule has 10 heteroatoms. The summed E-state index contributed by atoms with van der Waals surface area (Å²) < 4.78 is 34.1. The van der Waals surface area contributed by atoms with Crippen LogP contribution in [-0.4, -0.2) is 63.1 Å². The van der Waals surface area contributed by atoms with E-state index in [2.05, 4.69) is 15.6 Å². The first kappa shape index (κ1) is 23.4. The third-order valence-electron chi connectivity index (χ3n) is 5.71. The van der Waals surface area contributed by atoms with Crippen molar-refractivity contribution < 1.29 is 22.7 Å². The molecule has 0 spiro atoms. The lowest BCUT2D eigenvalue weighted by molar-refractivity contribution is 0.0954. The number of aryl methyl sites for hydroxylation is 1. The van der Waals surface area contributed by atoms with Gasteiger partial charge in [0.25, 0.3) is 5.91 Å². The molecule has 0 radical (unpaired) electrons. The van der Waals surface area contributed by atoms with Crippen LogP contribution in [0.25, 0.3) is 0 Å². The van der Waals surface area contributed by atoms with Gasteiger partial charge in [-0.15, -0.1) is 0 Å². The lowest BCUT2D eigenvalue weighted by atomic mass is 10.1. The Morgan fingerprint density at radius 3 is 2.64 bits per heavy atom. The Kier molecular flexibility index (Phi) is 6.85. The fraction of sp³-hybridized carbons (Fsp3) is 0.391. The monoisotopic (exact) mass is 489 g/mol. The van der Waals surface area contributed by atoms with Gasteiger partial charge in [0, 0.05) is 23.0 Å². The number of nitrogens with one attached hydrogen (secondary N) is 2. The molecule has 1 amide bonds. The maximum Gasteiger partial charge on any atom is 0.251 e. The van der Waals surface area contributed by atoms with Crippen molar-refractivity contribution in [3.05, 3.63) is 53.1 Å². The molecule has 2 unspecified atom stereocenters. The quantitative estimate of drug-likeness (QED) is 0.616.